The molecule has 0 aliphatic carbocycles. The molecule has 0 saturated carbocycles. The van der Waals surface area contributed by atoms with Crippen molar-refractivity contribution in [1.82, 2.24) is 0 Å². The molecule has 0 radical (unpaired) electrons. The highest BCUT2D eigenvalue weighted by Crippen LogP contribution is 2.20. The SMILES string of the molecule is CCCC[N+](CCCC)(CCCC)CCCC.CCCC[N+](CCCC)(CCCC)CCCC.CCCC[N+](CCCC)(CCCC)CCCC.CCCC[N+](CCCC)(CCCC)CCCC.[O-]BF.[O-]BF.[O-]BF.[O-]BF. The minimum Gasteiger partial charge on any atom is -0.855 e. The fourth-order valence-corrected chi connectivity index (χ4v) is 10.6. The number of quaternary nitrogens is 4. The van der Waals surface area contributed by atoms with Crippen LogP contribution in [0.15, 0.2) is 0 Å². The molecule has 0 atom stereocenters. The van der Waals surface area contributed by atoms with Crippen molar-refractivity contribution in [3.8, 4) is 0 Å². The minimum atomic E-state index is -1.50. The number of halogens is 4. The van der Waals surface area contributed by atoms with Crippen LogP contribution >= 0.6 is 0 Å². The Morgan fingerprint density at radius 3 is 0.263 bits per heavy atom. The lowest BCUT2D eigenvalue weighted by atomic mass is 10.1. The summed E-state index contributed by atoms with van der Waals surface area (Å²) in [4.78, 5) is 0. The molecular formula is C64H148B4F4N4O4. The van der Waals surface area contributed by atoms with Crippen LogP contribution in [0.1, 0.15) is 316 Å². The minimum absolute atomic E-state index is 1.35. The maximum atomic E-state index is 9.74. The van der Waals surface area contributed by atoms with Crippen LogP contribution in [0.4, 0.5) is 17.3 Å². The fraction of sp³-hybridized carbons (Fsp3) is 1.00. The van der Waals surface area contributed by atoms with Gasteiger partial charge in [-0.15, -0.1) is 0 Å². The molecule has 8 nitrogen and oxygen atoms in total. The predicted molar refractivity (Wildman–Crippen MR) is 350 cm³/mol. The van der Waals surface area contributed by atoms with Crippen molar-refractivity contribution in [2.45, 2.75) is 316 Å². The highest BCUT2D eigenvalue weighted by Gasteiger charge is 2.28. The Hall–Kier alpha value is -0.340. The first-order valence-corrected chi connectivity index (χ1v) is 34.6. The second kappa shape index (κ2) is 82.9. The lowest BCUT2D eigenvalue weighted by molar-refractivity contribution is -0.929. The second-order valence-corrected chi connectivity index (χ2v) is 23.0. The van der Waals surface area contributed by atoms with Crippen molar-refractivity contribution < 1.29 is 55.3 Å². The van der Waals surface area contributed by atoms with Crippen molar-refractivity contribution in [3.63, 3.8) is 0 Å². The average molecular weight is 1160 g/mol. The van der Waals surface area contributed by atoms with E-state index in [-0.39, 0.29) is 0 Å². The van der Waals surface area contributed by atoms with Gasteiger partial charge in [-0.05, 0) is 103 Å². The average Bonchev–Trinajstić information content (AvgIpc) is 3.47. The molecule has 0 unspecified atom stereocenters. The molecule has 0 aliphatic heterocycles. The lowest BCUT2D eigenvalue weighted by Crippen LogP contribution is -2.50. The third kappa shape index (κ3) is 71.9. The maximum Gasteiger partial charge on any atom is 0.222 e. The standard InChI is InChI=1S/4C16H36N.4BFHO/c4*1-5-9-13-17(14-10-6-2,15-11-7-3)16-12-8-4;4*2-1-3/h4*5-16H2,1-4H3;4*1H/q4*+1;4*-1. The predicted octanol–water partition coefficient (Wildman–Crippen LogP) is 14.3. The molecular weight excluding hydrogens is 1010 g/mol. The molecule has 0 fully saturated rings. The van der Waals surface area contributed by atoms with E-state index in [1.807, 2.05) is 0 Å². The Kier molecular flexibility index (Phi) is 99.4. The quantitative estimate of drug-likeness (QED) is 0.0345. The normalized spacial score (nSPS) is 10.9. The Morgan fingerprint density at radius 2 is 0.225 bits per heavy atom. The third-order valence-electron chi connectivity index (χ3n) is 15.8. The summed E-state index contributed by atoms with van der Waals surface area (Å²) in [6.45, 7) is 60.1. The van der Waals surface area contributed by atoms with Gasteiger partial charge in [-0.2, -0.15) is 0 Å². The van der Waals surface area contributed by atoms with Gasteiger partial charge in [0.15, 0.2) is 0 Å². The van der Waals surface area contributed by atoms with Crippen molar-refractivity contribution in [2.24, 2.45) is 0 Å². The molecule has 0 N–H and O–H groups in total. The van der Waals surface area contributed by atoms with Gasteiger partial charge in [0.25, 0.3) is 0 Å². The Balaban J connectivity index is -0.000000134. The van der Waals surface area contributed by atoms with E-state index in [4.69, 9.17) is 20.1 Å². The van der Waals surface area contributed by atoms with Gasteiger partial charge in [0.1, 0.15) is 0 Å². The molecule has 0 saturated heterocycles. The number of hydrogen-bond acceptors (Lipinski definition) is 4. The van der Waals surface area contributed by atoms with Crippen LogP contribution in [0.5, 0.6) is 0 Å². The first-order valence-electron chi connectivity index (χ1n) is 34.6. The molecule has 80 heavy (non-hydrogen) atoms. The molecule has 0 heterocycles. The van der Waals surface area contributed by atoms with Gasteiger partial charge in [-0.25, -0.2) is 0 Å². The van der Waals surface area contributed by atoms with E-state index in [0.29, 0.717) is 0 Å². The summed E-state index contributed by atoms with van der Waals surface area (Å²) >= 11 is 0. The van der Waals surface area contributed by atoms with E-state index < -0.39 is 31.0 Å². The molecule has 0 spiro atoms. The summed E-state index contributed by atoms with van der Waals surface area (Å²) in [6.07, 6.45) is 44.2. The molecule has 0 amide bonds. The molecule has 0 aliphatic rings. The molecule has 0 aromatic carbocycles. The number of rotatable bonds is 48. The van der Waals surface area contributed by atoms with Crippen LogP contribution in [0.25, 0.3) is 0 Å². The second-order valence-electron chi connectivity index (χ2n) is 23.0. The summed E-state index contributed by atoms with van der Waals surface area (Å²) in [6, 6.07) is 0. The van der Waals surface area contributed by atoms with Crippen LogP contribution in [0.3, 0.4) is 0 Å². The van der Waals surface area contributed by atoms with E-state index in [2.05, 4.69) is 111 Å². The van der Waals surface area contributed by atoms with Crippen LogP contribution in [-0.2, 0) is 0 Å². The zero-order valence-electron chi connectivity index (χ0n) is 57.7. The van der Waals surface area contributed by atoms with Gasteiger partial charge in [-0.1, -0.05) is 214 Å². The summed E-state index contributed by atoms with van der Waals surface area (Å²) in [5.74, 6) is 0. The number of hydrogen-bond donors (Lipinski definition) is 0. The molecule has 0 aromatic heterocycles. The third-order valence-corrected chi connectivity index (χ3v) is 15.8. The van der Waals surface area contributed by atoms with E-state index >= 15 is 0 Å². The molecule has 16 heteroatoms. The largest absolute Gasteiger partial charge is 0.855 e. The Labute approximate surface area is 505 Å². The molecule has 0 aromatic rings. The van der Waals surface area contributed by atoms with Gasteiger partial charge in [0.2, 0.25) is 31.0 Å². The maximum absolute atomic E-state index is 9.74. The molecule has 0 bridgehead atoms. The molecule has 488 valence electrons. The van der Waals surface area contributed by atoms with Crippen molar-refractivity contribution >= 4 is 31.0 Å². The van der Waals surface area contributed by atoms with Gasteiger partial charge < -0.3 is 55.3 Å². The fourth-order valence-electron chi connectivity index (χ4n) is 10.6. The monoisotopic (exact) mass is 1160 g/mol. The topological polar surface area (TPSA) is 92.2 Å². The van der Waals surface area contributed by atoms with E-state index in [1.165, 1.54) is 328 Å². The zero-order valence-corrected chi connectivity index (χ0v) is 57.7. The lowest BCUT2D eigenvalue weighted by Gasteiger charge is -2.39. The van der Waals surface area contributed by atoms with Gasteiger partial charge in [0, 0.05) is 0 Å². The van der Waals surface area contributed by atoms with E-state index in [0.717, 1.165) is 0 Å². The summed E-state index contributed by atoms with van der Waals surface area (Å²) in [7, 11) is -6.00. The number of unbranched alkanes of at least 4 members (excludes halogenated alkanes) is 16. The van der Waals surface area contributed by atoms with Crippen molar-refractivity contribution in [1.29, 1.82) is 0 Å². The van der Waals surface area contributed by atoms with Crippen LogP contribution in [0.2, 0.25) is 0 Å². The van der Waals surface area contributed by atoms with E-state index in [1.54, 1.807) is 0 Å². The first kappa shape index (κ1) is 96.0. The van der Waals surface area contributed by atoms with Crippen LogP contribution in [-0.4, -0.2) is 154 Å². The number of nitrogens with zero attached hydrogens (tertiary/aromatic N) is 4. The van der Waals surface area contributed by atoms with E-state index in [9.17, 15) is 17.3 Å². The molecule has 0 rings (SSSR count). The van der Waals surface area contributed by atoms with Crippen molar-refractivity contribution in [3.05, 3.63) is 0 Å². The highest BCUT2D eigenvalue weighted by atomic mass is 19.1. The van der Waals surface area contributed by atoms with Gasteiger partial charge in [0.05, 0.1) is 105 Å². The smallest absolute Gasteiger partial charge is 0.222 e. The zero-order chi connectivity index (χ0) is 62.8. The first-order chi connectivity index (χ1) is 38.6. The highest BCUT2D eigenvalue weighted by molar-refractivity contribution is 6.12. The van der Waals surface area contributed by atoms with Crippen LogP contribution in [0, 0.1) is 0 Å². The Bertz CT molecular complexity index is 729. The van der Waals surface area contributed by atoms with Crippen LogP contribution < -0.4 is 20.1 Å². The Morgan fingerprint density at radius 1 is 0.175 bits per heavy atom. The summed E-state index contributed by atoms with van der Waals surface area (Å²) in [5.41, 5.74) is 0. The summed E-state index contributed by atoms with van der Waals surface area (Å²) in [5, 5.41) is 33.1. The summed E-state index contributed by atoms with van der Waals surface area (Å²) < 4.78 is 44.6. The van der Waals surface area contributed by atoms with Gasteiger partial charge >= 0.3 is 0 Å². The van der Waals surface area contributed by atoms with Gasteiger partial charge in [-0.3, -0.25) is 0 Å². The van der Waals surface area contributed by atoms with Crippen molar-refractivity contribution in [2.75, 3.05) is 105 Å².